The van der Waals surface area contributed by atoms with Crippen LogP contribution in [0.5, 0.6) is 5.88 Å². The van der Waals surface area contributed by atoms with E-state index in [1.54, 1.807) is 4.52 Å². The summed E-state index contributed by atoms with van der Waals surface area (Å²) >= 11 is 0. The molecule has 0 bridgehead atoms. The predicted molar refractivity (Wildman–Crippen MR) is 110 cm³/mol. The monoisotopic (exact) mass is 398 g/mol. The average Bonchev–Trinajstić information content (AvgIpc) is 3.47. The number of H-pyrrole nitrogens is 1. The highest BCUT2D eigenvalue weighted by Gasteiger charge is 2.16. The van der Waals surface area contributed by atoms with Crippen LogP contribution >= 0.6 is 0 Å². The summed E-state index contributed by atoms with van der Waals surface area (Å²) in [4.78, 5) is 8.24. The summed E-state index contributed by atoms with van der Waals surface area (Å²) in [6.45, 7) is 2.03. The van der Waals surface area contributed by atoms with Crippen molar-refractivity contribution in [3.8, 4) is 28.4 Å². The minimum atomic E-state index is -0.000378. The van der Waals surface area contributed by atoms with Crippen LogP contribution in [0.1, 0.15) is 23.7 Å². The molecule has 2 aromatic carbocycles. The third-order valence-corrected chi connectivity index (χ3v) is 5.12. The number of aryl methyl sites for hydroxylation is 1. The van der Waals surface area contributed by atoms with Gasteiger partial charge in [-0.1, -0.05) is 55.5 Å². The Labute approximate surface area is 171 Å². The van der Waals surface area contributed by atoms with Gasteiger partial charge in [-0.05, 0) is 33.5 Å². The number of hydrogen-bond donors (Lipinski definition) is 2. The van der Waals surface area contributed by atoms with E-state index < -0.39 is 0 Å². The molecule has 5 rings (SSSR count). The Morgan fingerprint density at radius 2 is 1.83 bits per heavy atom. The standard InChI is InChI=1S/C21H18N8O/c1-2-18-17(20(30)24-21-22-12-23-29(18)21)11-13-7-9-14(10-8-13)15-5-3-4-6-16(15)19-25-27-28-26-19/h3-10,12H,2,11H2,1H3,(H,22,23,24,30)(H,25,26,27,28). The zero-order chi connectivity index (χ0) is 20.5. The maximum absolute atomic E-state index is 10.5. The van der Waals surface area contributed by atoms with Gasteiger partial charge in [-0.2, -0.15) is 15.1 Å². The summed E-state index contributed by atoms with van der Waals surface area (Å²) in [5.41, 5.74) is 5.74. The fraction of sp³-hybridized carbons (Fsp3) is 0.143. The Morgan fingerprint density at radius 1 is 1.03 bits per heavy atom. The highest BCUT2D eigenvalue weighted by molar-refractivity contribution is 5.80. The van der Waals surface area contributed by atoms with Crippen molar-refractivity contribution in [1.82, 2.24) is 40.2 Å². The summed E-state index contributed by atoms with van der Waals surface area (Å²) in [5, 5.41) is 28.9. The Hall–Kier alpha value is -4.14. The third-order valence-electron chi connectivity index (χ3n) is 5.12. The van der Waals surface area contributed by atoms with Crippen molar-refractivity contribution in [2.24, 2.45) is 0 Å². The first-order valence-corrected chi connectivity index (χ1v) is 9.57. The lowest BCUT2D eigenvalue weighted by atomic mass is 9.96. The maximum Gasteiger partial charge on any atom is 0.255 e. The summed E-state index contributed by atoms with van der Waals surface area (Å²) in [6.07, 6.45) is 2.70. The van der Waals surface area contributed by atoms with Crippen LogP contribution in [0.25, 0.3) is 28.3 Å². The molecule has 9 heteroatoms. The number of nitrogens with zero attached hydrogens (tertiary/aromatic N) is 7. The molecule has 3 aromatic heterocycles. The number of tetrazole rings is 1. The van der Waals surface area contributed by atoms with Crippen molar-refractivity contribution in [2.45, 2.75) is 19.8 Å². The van der Waals surface area contributed by atoms with E-state index in [4.69, 9.17) is 0 Å². The number of rotatable bonds is 5. The highest BCUT2D eigenvalue weighted by atomic mass is 16.3. The van der Waals surface area contributed by atoms with Crippen LogP contribution < -0.4 is 0 Å². The molecular formula is C21H18N8O. The Balaban J connectivity index is 1.49. The molecule has 0 saturated carbocycles. The van der Waals surface area contributed by atoms with Gasteiger partial charge in [0.2, 0.25) is 5.88 Å². The fourth-order valence-electron chi connectivity index (χ4n) is 3.69. The number of aromatic nitrogens is 8. The van der Waals surface area contributed by atoms with Crippen LogP contribution in [0.4, 0.5) is 0 Å². The van der Waals surface area contributed by atoms with Gasteiger partial charge >= 0.3 is 0 Å². The fourth-order valence-corrected chi connectivity index (χ4v) is 3.69. The second-order valence-corrected chi connectivity index (χ2v) is 6.86. The molecule has 0 unspecified atom stereocenters. The molecule has 0 atom stereocenters. The maximum atomic E-state index is 10.5. The van der Waals surface area contributed by atoms with E-state index >= 15 is 0 Å². The van der Waals surface area contributed by atoms with Crippen molar-refractivity contribution in [3.63, 3.8) is 0 Å². The zero-order valence-corrected chi connectivity index (χ0v) is 16.2. The molecule has 0 aliphatic carbocycles. The van der Waals surface area contributed by atoms with Gasteiger partial charge in [-0.15, -0.1) is 5.10 Å². The SMILES string of the molecule is CCc1c(Cc2ccc(-c3ccccc3-c3nnn[nH]3)cc2)c(O)nc2ncnn12. The van der Waals surface area contributed by atoms with Crippen molar-refractivity contribution in [3.05, 3.63) is 71.7 Å². The molecule has 0 spiro atoms. The molecular weight excluding hydrogens is 380 g/mol. The largest absolute Gasteiger partial charge is 0.493 e. The second-order valence-electron chi connectivity index (χ2n) is 6.86. The Morgan fingerprint density at radius 3 is 2.57 bits per heavy atom. The summed E-state index contributed by atoms with van der Waals surface area (Å²) in [7, 11) is 0. The number of benzene rings is 2. The van der Waals surface area contributed by atoms with E-state index in [2.05, 4.69) is 60.0 Å². The number of nitrogens with one attached hydrogen (secondary N) is 1. The average molecular weight is 398 g/mol. The number of aromatic hydroxyl groups is 1. The first kappa shape index (κ1) is 17.9. The summed E-state index contributed by atoms with van der Waals surface area (Å²) in [6, 6.07) is 16.2. The summed E-state index contributed by atoms with van der Waals surface area (Å²) < 4.78 is 1.69. The molecule has 0 fully saturated rings. The molecule has 148 valence electrons. The summed E-state index contributed by atoms with van der Waals surface area (Å²) in [5.74, 6) is 1.03. The lowest BCUT2D eigenvalue weighted by molar-refractivity contribution is 0.444. The van der Waals surface area contributed by atoms with E-state index in [0.29, 0.717) is 24.4 Å². The second kappa shape index (κ2) is 7.36. The van der Waals surface area contributed by atoms with Gasteiger partial charge in [0.15, 0.2) is 5.82 Å². The molecule has 5 aromatic rings. The van der Waals surface area contributed by atoms with Gasteiger partial charge in [0.25, 0.3) is 5.78 Å². The normalized spacial score (nSPS) is 11.2. The molecule has 2 N–H and O–H groups in total. The van der Waals surface area contributed by atoms with Gasteiger partial charge in [-0.25, -0.2) is 9.61 Å². The van der Waals surface area contributed by atoms with Crippen molar-refractivity contribution in [2.75, 3.05) is 0 Å². The van der Waals surface area contributed by atoms with Crippen LogP contribution in [-0.2, 0) is 12.8 Å². The Bertz CT molecular complexity index is 1310. The first-order valence-electron chi connectivity index (χ1n) is 9.57. The first-order chi connectivity index (χ1) is 14.7. The quantitative estimate of drug-likeness (QED) is 0.467. The van der Waals surface area contributed by atoms with Crippen LogP contribution in [0.2, 0.25) is 0 Å². The minimum Gasteiger partial charge on any atom is -0.493 e. The molecule has 0 amide bonds. The lowest BCUT2D eigenvalue weighted by Gasteiger charge is -2.12. The van der Waals surface area contributed by atoms with Gasteiger partial charge < -0.3 is 5.11 Å². The lowest BCUT2D eigenvalue weighted by Crippen LogP contribution is -2.06. The van der Waals surface area contributed by atoms with Crippen molar-refractivity contribution in [1.29, 1.82) is 0 Å². The number of hydrogen-bond acceptors (Lipinski definition) is 7. The van der Waals surface area contributed by atoms with E-state index in [9.17, 15) is 5.11 Å². The molecule has 0 saturated heterocycles. The minimum absolute atomic E-state index is 0.000378. The van der Waals surface area contributed by atoms with Crippen LogP contribution in [0.15, 0.2) is 54.9 Å². The Kier molecular flexibility index (Phi) is 4.40. The van der Waals surface area contributed by atoms with E-state index in [1.165, 1.54) is 6.33 Å². The van der Waals surface area contributed by atoms with Gasteiger partial charge in [0.05, 0.1) is 5.69 Å². The van der Waals surface area contributed by atoms with Gasteiger partial charge in [-0.3, -0.25) is 0 Å². The van der Waals surface area contributed by atoms with E-state index in [0.717, 1.165) is 33.5 Å². The highest BCUT2D eigenvalue weighted by Crippen LogP contribution is 2.30. The third kappa shape index (κ3) is 3.06. The van der Waals surface area contributed by atoms with Crippen LogP contribution in [0, 0.1) is 0 Å². The molecule has 9 nitrogen and oxygen atoms in total. The van der Waals surface area contributed by atoms with Crippen molar-refractivity contribution < 1.29 is 5.11 Å². The topological polar surface area (TPSA) is 118 Å². The molecule has 30 heavy (non-hydrogen) atoms. The molecule has 0 radical (unpaired) electrons. The molecule has 3 heterocycles. The number of aromatic amines is 1. The molecule has 0 aliphatic heterocycles. The predicted octanol–water partition coefficient (Wildman–Crippen LogP) is 2.83. The van der Waals surface area contributed by atoms with Crippen molar-refractivity contribution >= 4 is 5.78 Å². The smallest absolute Gasteiger partial charge is 0.255 e. The number of fused-ring (bicyclic) bond motifs is 1. The van der Waals surface area contributed by atoms with Crippen LogP contribution in [0.3, 0.4) is 0 Å². The van der Waals surface area contributed by atoms with E-state index in [-0.39, 0.29) is 5.88 Å². The van der Waals surface area contributed by atoms with Crippen LogP contribution in [-0.4, -0.2) is 45.3 Å². The van der Waals surface area contributed by atoms with Gasteiger partial charge in [0, 0.05) is 17.5 Å². The molecule has 0 aliphatic rings. The van der Waals surface area contributed by atoms with Gasteiger partial charge in [0.1, 0.15) is 6.33 Å². The van der Waals surface area contributed by atoms with E-state index in [1.807, 2.05) is 31.2 Å². The zero-order valence-electron chi connectivity index (χ0n) is 16.2.